The van der Waals surface area contributed by atoms with Gasteiger partial charge in [-0.2, -0.15) is 0 Å². The van der Waals surface area contributed by atoms with Gasteiger partial charge in [-0.05, 0) is 59.7 Å². The smallest absolute Gasteiger partial charge is 0.317 e. The van der Waals surface area contributed by atoms with Crippen LogP contribution in [0.2, 0.25) is 0 Å². The van der Waals surface area contributed by atoms with Crippen LogP contribution in [0.3, 0.4) is 0 Å². The minimum Gasteiger partial charge on any atom is -0.493 e. The van der Waals surface area contributed by atoms with E-state index in [4.69, 9.17) is 37.6 Å². The molecule has 3 aromatic carbocycles. The van der Waals surface area contributed by atoms with E-state index in [9.17, 15) is 9.59 Å². The highest BCUT2D eigenvalue weighted by Crippen LogP contribution is 2.56. The summed E-state index contributed by atoms with van der Waals surface area (Å²) in [5, 5.41) is 8.37. The second-order valence-corrected chi connectivity index (χ2v) is 12.5. The number of fused-ring (bicyclic) bond motifs is 3. The average Bonchev–Trinajstić information content (AvgIpc) is 3.83. The van der Waals surface area contributed by atoms with Crippen LogP contribution >= 0.6 is 27.7 Å². The first-order valence-corrected chi connectivity index (χ1v) is 16.0. The molecule has 12 nitrogen and oxygen atoms in total. The highest BCUT2D eigenvalue weighted by Gasteiger charge is 2.54. The Labute approximate surface area is 275 Å². The maximum atomic E-state index is 13.4. The average molecular weight is 712 g/mol. The van der Waals surface area contributed by atoms with Gasteiger partial charge in [0.25, 0.3) is 5.22 Å². The summed E-state index contributed by atoms with van der Waals surface area (Å²) in [6.07, 6.45) is -0.798. The Balaban J connectivity index is 1.20. The monoisotopic (exact) mass is 710 g/mol. The van der Waals surface area contributed by atoms with Gasteiger partial charge in [-0.1, -0.05) is 27.7 Å². The molecule has 1 aromatic heterocycles. The minimum atomic E-state index is -0.798. The topological polar surface area (TPSA) is 138 Å². The summed E-state index contributed by atoms with van der Waals surface area (Å²) >= 11 is 4.47. The number of thioether (sulfide) groups is 1. The number of halogens is 1. The van der Waals surface area contributed by atoms with Crippen LogP contribution in [0.1, 0.15) is 28.7 Å². The summed E-state index contributed by atoms with van der Waals surface area (Å²) in [5.74, 6) is 0.0234. The van der Waals surface area contributed by atoms with E-state index < -0.39 is 35.8 Å². The first-order chi connectivity index (χ1) is 22.4. The molecule has 0 amide bonds. The lowest BCUT2D eigenvalue weighted by atomic mass is 9.66. The highest BCUT2D eigenvalue weighted by molar-refractivity contribution is 9.10. The van der Waals surface area contributed by atoms with Gasteiger partial charge < -0.3 is 37.6 Å². The quantitative estimate of drug-likeness (QED) is 0.158. The number of rotatable bonds is 9. The van der Waals surface area contributed by atoms with Crippen molar-refractivity contribution in [3.8, 4) is 40.2 Å². The van der Waals surface area contributed by atoms with E-state index in [-0.39, 0.29) is 24.4 Å². The van der Waals surface area contributed by atoms with E-state index in [0.29, 0.717) is 40.2 Å². The Morgan fingerprint density at radius 3 is 2.30 bits per heavy atom. The molecule has 1 aliphatic carbocycles. The molecular weight excluding hydrogens is 684 g/mol. The van der Waals surface area contributed by atoms with Crippen LogP contribution in [0.25, 0.3) is 11.5 Å². The standard InChI is InChI=1S/C32H27BrN2O10S/c1-38-23-8-16(9-24(39-2)29(23)40-3)26-18-10-21-22(43-14-42-21)11-19(18)28(20-12-41-31(37)27(20)26)44-25(36)13-46-32-35-34-30(45-32)15-4-6-17(33)7-5-15/h4-11,20,26-28H,12-14H2,1-3H3/t20-,26+,27-,28-/m0/s1. The SMILES string of the molecule is COc1cc([C@@H]2c3cc4c(cc3[C@H](OC(=O)CSc3nnc(-c5ccc(Br)cc5)o3)[C@H]3COC(=O)[C@H]23)OCO4)cc(OC)c1OC. The zero-order valence-electron chi connectivity index (χ0n) is 24.8. The molecule has 0 N–H and O–H groups in total. The van der Waals surface area contributed by atoms with Gasteiger partial charge in [-0.15, -0.1) is 10.2 Å². The first-order valence-electron chi connectivity index (χ1n) is 14.2. The van der Waals surface area contributed by atoms with Crippen molar-refractivity contribution in [2.75, 3.05) is 40.5 Å². The fraction of sp³-hybridized carbons (Fsp3) is 0.312. The van der Waals surface area contributed by atoms with Crippen molar-refractivity contribution in [1.82, 2.24) is 10.2 Å². The molecule has 7 rings (SSSR count). The van der Waals surface area contributed by atoms with Gasteiger partial charge >= 0.3 is 11.9 Å². The molecule has 4 atom stereocenters. The Morgan fingerprint density at radius 1 is 0.935 bits per heavy atom. The molecule has 0 radical (unpaired) electrons. The van der Waals surface area contributed by atoms with Crippen molar-refractivity contribution in [1.29, 1.82) is 0 Å². The van der Waals surface area contributed by atoms with Gasteiger partial charge in [0.15, 0.2) is 23.0 Å². The fourth-order valence-corrected chi connectivity index (χ4v) is 7.03. The summed E-state index contributed by atoms with van der Waals surface area (Å²) in [6, 6.07) is 14.7. The number of hydrogen-bond acceptors (Lipinski definition) is 13. The third-order valence-corrected chi connectivity index (χ3v) is 9.56. The van der Waals surface area contributed by atoms with Crippen LogP contribution < -0.4 is 23.7 Å². The van der Waals surface area contributed by atoms with Crippen molar-refractivity contribution >= 4 is 39.6 Å². The summed E-state index contributed by atoms with van der Waals surface area (Å²) in [4.78, 5) is 26.7. The molecule has 14 heteroatoms. The molecule has 1 saturated heterocycles. The summed E-state index contributed by atoms with van der Waals surface area (Å²) < 4.78 is 46.6. The van der Waals surface area contributed by atoms with E-state index in [1.54, 1.807) is 0 Å². The predicted molar refractivity (Wildman–Crippen MR) is 165 cm³/mol. The van der Waals surface area contributed by atoms with Gasteiger partial charge in [-0.25, -0.2) is 0 Å². The summed E-state index contributed by atoms with van der Waals surface area (Å²) in [7, 11) is 4.59. The fourth-order valence-electron chi connectivity index (χ4n) is 6.22. The molecule has 0 unspecified atom stereocenters. The molecule has 0 bridgehead atoms. The molecule has 0 saturated carbocycles. The number of carbonyl (C=O) groups excluding carboxylic acids is 2. The lowest BCUT2D eigenvalue weighted by Crippen LogP contribution is -2.36. The Bertz CT molecular complexity index is 1790. The van der Waals surface area contributed by atoms with Crippen molar-refractivity contribution in [3.63, 3.8) is 0 Å². The van der Waals surface area contributed by atoms with Crippen LogP contribution in [-0.4, -0.2) is 62.6 Å². The molecule has 238 valence electrons. The predicted octanol–water partition coefficient (Wildman–Crippen LogP) is 5.56. The van der Waals surface area contributed by atoms with Crippen molar-refractivity contribution < 1.29 is 47.2 Å². The van der Waals surface area contributed by atoms with Gasteiger partial charge in [0, 0.05) is 27.4 Å². The van der Waals surface area contributed by atoms with E-state index in [0.717, 1.165) is 32.9 Å². The number of carbonyl (C=O) groups is 2. The van der Waals surface area contributed by atoms with Crippen LogP contribution in [0.5, 0.6) is 28.7 Å². The highest BCUT2D eigenvalue weighted by atomic mass is 79.9. The van der Waals surface area contributed by atoms with E-state index in [1.165, 1.54) is 21.3 Å². The van der Waals surface area contributed by atoms with E-state index >= 15 is 0 Å². The molecule has 0 spiro atoms. The molecule has 1 fully saturated rings. The molecular formula is C32H27BrN2O10S. The number of cyclic esters (lactones) is 1. The van der Waals surface area contributed by atoms with Crippen LogP contribution in [0.4, 0.5) is 0 Å². The van der Waals surface area contributed by atoms with E-state index in [1.807, 2.05) is 48.5 Å². The lowest BCUT2D eigenvalue weighted by Gasteiger charge is -2.38. The van der Waals surface area contributed by atoms with Crippen LogP contribution in [-0.2, 0) is 19.1 Å². The molecule has 2 aliphatic heterocycles. The second kappa shape index (κ2) is 12.4. The van der Waals surface area contributed by atoms with Gasteiger partial charge in [0.1, 0.15) is 11.9 Å². The first kappa shape index (κ1) is 30.2. The maximum absolute atomic E-state index is 13.4. The normalized spacial score (nSPS) is 20.8. The Kier molecular flexibility index (Phi) is 8.15. The van der Waals surface area contributed by atoms with Crippen LogP contribution in [0.15, 0.2) is 62.6 Å². The largest absolute Gasteiger partial charge is 0.493 e. The Hall–Kier alpha value is -4.43. The number of esters is 2. The molecule has 3 heterocycles. The molecule has 3 aliphatic rings. The zero-order chi connectivity index (χ0) is 31.9. The summed E-state index contributed by atoms with van der Waals surface area (Å²) in [6.45, 7) is 0.124. The molecule has 46 heavy (non-hydrogen) atoms. The Morgan fingerprint density at radius 2 is 1.63 bits per heavy atom. The van der Waals surface area contributed by atoms with Crippen molar-refractivity contribution in [2.45, 2.75) is 17.2 Å². The third kappa shape index (κ3) is 5.38. The minimum absolute atomic E-state index is 0.0511. The van der Waals surface area contributed by atoms with Crippen molar-refractivity contribution in [3.05, 3.63) is 69.7 Å². The zero-order valence-corrected chi connectivity index (χ0v) is 27.2. The summed E-state index contributed by atoms with van der Waals surface area (Å²) in [5.41, 5.74) is 2.92. The van der Waals surface area contributed by atoms with Gasteiger partial charge in [0.2, 0.25) is 18.4 Å². The van der Waals surface area contributed by atoms with E-state index in [2.05, 4.69) is 26.1 Å². The van der Waals surface area contributed by atoms with Crippen molar-refractivity contribution in [2.24, 2.45) is 11.8 Å². The van der Waals surface area contributed by atoms with Gasteiger partial charge in [-0.3, -0.25) is 9.59 Å². The number of hydrogen-bond donors (Lipinski definition) is 0. The number of methoxy groups -OCH3 is 3. The number of ether oxygens (including phenoxy) is 7. The lowest BCUT2D eigenvalue weighted by molar-refractivity contribution is -0.151. The number of benzene rings is 3. The second-order valence-electron chi connectivity index (χ2n) is 10.7. The third-order valence-electron chi connectivity index (χ3n) is 8.23. The van der Waals surface area contributed by atoms with Gasteiger partial charge in [0.05, 0.1) is 33.9 Å². The number of nitrogens with zero attached hydrogens (tertiary/aromatic N) is 2. The molecule has 4 aromatic rings. The maximum Gasteiger partial charge on any atom is 0.317 e. The number of aromatic nitrogens is 2. The van der Waals surface area contributed by atoms with Crippen LogP contribution in [0, 0.1) is 11.8 Å².